The van der Waals surface area contributed by atoms with Gasteiger partial charge in [-0.3, -0.25) is 4.90 Å². The van der Waals surface area contributed by atoms with E-state index < -0.39 is 5.60 Å². The maximum absolute atomic E-state index is 12.6. The number of rotatable bonds is 1. The molecule has 0 radical (unpaired) electrons. The van der Waals surface area contributed by atoms with Gasteiger partial charge in [-0.2, -0.15) is 0 Å². The maximum Gasteiger partial charge on any atom is 0.411 e. The van der Waals surface area contributed by atoms with E-state index in [0.717, 1.165) is 21.6 Å². The van der Waals surface area contributed by atoms with Crippen LogP contribution in [0.15, 0.2) is 35.1 Å². The van der Waals surface area contributed by atoms with Crippen LogP contribution in [0.2, 0.25) is 0 Å². The Balaban J connectivity index is 1.98. The molecule has 6 heteroatoms. The Morgan fingerprint density at radius 2 is 2.14 bits per heavy atom. The van der Waals surface area contributed by atoms with Crippen molar-refractivity contribution in [2.75, 3.05) is 0 Å². The number of carbonyl (C=O) groups is 1. The Bertz CT molecular complexity index is 705. The molecule has 1 unspecified atom stereocenters. The summed E-state index contributed by atoms with van der Waals surface area (Å²) >= 11 is 3.37. The van der Waals surface area contributed by atoms with Crippen molar-refractivity contribution in [1.29, 1.82) is 0 Å². The van der Waals surface area contributed by atoms with E-state index in [1.807, 2.05) is 45.0 Å². The molecule has 0 spiro atoms. The van der Waals surface area contributed by atoms with Gasteiger partial charge in [-0.1, -0.05) is 24.3 Å². The molecule has 1 aromatic heterocycles. The standard InChI is InChI=1S/C16H18BrN3O2/c1-16(2,3)22-15(21)20-9-10-6-4-5-7-11(10)13(20)14-18-8-12(17)19-14/h4-8,13H,9H2,1-3H3,(H,18,19). The fourth-order valence-corrected chi connectivity index (χ4v) is 2.93. The highest BCUT2D eigenvalue weighted by Crippen LogP contribution is 2.38. The molecule has 2 heterocycles. The Morgan fingerprint density at radius 1 is 1.41 bits per heavy atom. The summed E-state index contributed by atoms with van der Waals surface area (Å²) in [7, 11) is 0. The van der Waals surface area contributed by atoms with Crippen LogP contribution in [0.3, 0.4) is 0 Å². The van der Waals surface area contributed by atoms with Crippen LogP contribution in [-0.2, 0) is 11.3 Å². The van der Waals surface area contributed by atoms with Crippen molar-refractivity contribution in [2.24, 2.45) is 0 Å². The van der Waals surface area contributed by atoms with E-state index in [1.165, 1.54) is 0 Å². The number of nitrogens with one attached hydrogen (secondary N) is 1. The number of carbonyl (C=O) groups excluding carboxylic acids is 1. The molecule has 1 N–H and O–H groups in total. The summed E-state index contributed by atoms with van der Waals surface area (Å²) in [6.07, 6.45) is 1.37. The van der Waals surface area contributed by atoms with E-state index in [2.05, 4.69) is 25.9 Å². The summed E-state index contributed by atoms with van der Waals surface area (Å²) in [5, 5.41) is 0. The van der Waals surface area contributed by atoms with Gasteiger partial charge in [0.15, 0.2) is 0 Å². The molecule has 0 aliphatic carbocycles. The van der Waals surface area contributed by atoms with Gasteiger partial charge in [0.05, 0.1) is 12.7 Å². The van der Waals surface area contributed by atoms with Crippen LogP contribution in [0.5, 0.6) is 0 Å². The monoisotopic (exact) mass is 363 g/mol. The largest absolute Gasteiger partial charge is 0.444 e. The van der Waals surface area contributed by atoms with Crippen LogP contribution in [0.25, 0.3) is 0 Å². The van der Waals surface area contributed by atoms with Crippen molar-refractivity contribution < 1.29 is 9.53 Å². The summed E-state index contributed by atoms with van der Waals surface area (Å²) in [6.45, 7) is 6.12. The van der Waals surface area contributed by atoms with Crippen molar-refractivity contribution in [3.05, 3.63) is 52.0 Å². The number of halogens is 1. The fraction of sp³-hybridized carbons (Fsp3) is 0.375. The molecule has 0 saturated carbocycles. The lowest BCUT2D eigenvalue weighted by Crippen LogP contribution is -2.36. The van der Waals surface area contributed by atoms with Gasteiger partial charge >= 0.3 is 6.09 Å². The lowest BCUT2D eigenvalue weighted by atomic mass is 10.0. The molecule has 1 amide bonds. The molecule has 1 atom stereocenters. The molecule has 1 aliphatic rings. The Kier molecular flexibility index (Phi) is 3.72. The van der Waals surface area contributed by atoms with Crippen LogP contribution in [0.1, 0.15) is 43.8 Å². The molecule has 0 bridgehead atoms. The minimum Gasteiger partial charge on any atom is -0.444 e. The third-order valence-electron chi connectivity index (χ3n) is 3.45. The number of aromatic nitrogens is 2. The smallest absolute Gasteiger partial charge is 0.411 e. The van der Waals surface area contributed by atoms with E-state index in [9.17, 15) is 4.79 Å². The van der Waals surface area contributed by atoms with Gasteiger partial charge in [0, 0.05) is 0 Å². The van der Waals surface area contributed by atoms with Gasteiger partial charge in [-0.25, -0.2) is 9.78 Å². The number of imidazole rings is 1. The number of amides is 1. The molecule has 0 saturated heterocycles. The Labute approximate surface area is 137 Å². The summed E-state index contributed by atoms with van der Waals surface area (Å²) < 4.78 is 6.33. The quantitative estimate of drug-likeness (QED) is 0.832. The molecule has 1 aliphatic heterocycles. The van der Waals surface area contributed by atoms with Crippen LogP contribution < -0.4 is 0 Å². The fourth-order valence-electron chi connectivity index (χ4n) is 2.63. The average molecular weight is 364 g/mol. The highest BCUT2D eigenvalue weighted by atomic mass is 79.9. The zero-order valence-electron chi connectivity index (χ0n) is 12.8. The number of H-pyrrole nitrogens is 1. The van der Waals surface area contributed by atoms with Crippen LogP contribution in [0, 0.1) is 0 Å². The number of hydrogen-bond acceptors (Lipinski definition) is 3. The Hall–Kier alpha value is -1.82. The van der Waals surface area contributed by atoms with Gasteiger partial charge in [0.1, 0.15) is 22.1 Å². The van der Waals surface area contributed by atoms with E-state index in [4.69, 9.17) is 4.74 Å². The van der Waals surface area contributed by atoms with Crippen LogP contribution >= 0.6 is 15.9 Å². The summed E-state index contributed by atoms with van der Waals surface area (Å²) in [5.41, 5.74) is 1.67. The van der Waals surface area contributed by atoms with Gasteiger partial charge in [0.2, 0.25) is 0 Å². The van der Waals surface area contributed by atoms with Crippen molar-refractivity contribution in [3.8, 4) is 0 Å². The molecular formula is C16H18BrN3O2. The van der Waals surface area contributed by atoms with Gasteiger partial charge in [0.25, 0.3) is 0 Å². The third kappa shape index (κ3) is 2.88. The minimum absolute atomic E-state index is 0.252. The first-order valence-electron chi connectivity index (χ1n) is 7.13. The van der Waals surface area contributed by atoms with E-state index in [-0.39, 0.29) is 12.1 Å². The molecule has 1 aromatic carbocycles. The zero-order chi connectivity index (χ0) is 15.9. The molecule has 0 fully saturated rings. The van der Waals surface area contributed by atoms with E-state index >= 15 is 0 Å². The van der Waals surface area contributed by atoms with Gasteiger partial charge < -0.3 is 9.72 Å². The van der Waals surface area contributed by atoms with Crippen LogP contribution in [-0.4, -0.2) is 26.6 Å². The number of aromatic amines is 1. The van der Waals surface area contributed by atoms with Crippen molar-refractivity contribution in [1.82, 2.24) is 14.9 Å². The SMILES string of the molecule is CC(C)(C)OC(=O)N1Cc2ccccc2C1c1ncc(Br)[nH]1. The zero-order valence-corrected chi connectivity index (χ0v) is 14.3. The first-order valence-corrected chi connectivity index (χ1v) is 7.92. The molecule has 3 rings (SSSR count). The molecule has 22 heavy (non-hydrogen) atoms. The molecular weight excluding hydrogens is 346 g/mol. The van der Waals surface area contributed by atoms with E-state index in [0.29, 0.717) is 6.54 Å². The first-order chi connectivity index (χ1) is 10.3. The normalized spacial score (nSPS) is 17.5. The number of ether oxygens (including phenoxy) is 1. The van der Waals surface area contributed by atoms with Gasteiger partial charge in [-0.05, 0) is 47.8 Å². The number of hydrogen-bond donors (Lipinski definition) is 1. The highest BCUT2D eigenvalue weighted by Gasteiger charge is 2.38. The summed E-state index contributed by atoms with van der Waals surface area (Å²) in [4.78, 5) is 21.8. The topological polar surface area (TPSA) is 58.2 Å². The average Bonchev–Trinajstić information content (AvgIpc) is 2.99. The Morgan fingerprint density at radius 3 is 2.77 bits per heavy atom. The first kappa shape index (κ1) is 15.1. The third-order valence-corrected chi connectivity index (χ3v) is 3.86. The summed E-state index contributed by atoms with van der Waals surface area (Å²) in [6, 6.07) is 7.76. The second-order valence-corrected chi connectivity index (χ2v) is 7.18. The predicted molar refractivity (Wildman–Crippen MR) is 86.3 cm³/mol. The maximum atomic E-state index is 12.6. The van der Waals surface area contributed by atoms with Crippen molar-refractivity contribution >= 4 is 22.0 Å². The van der Waals surface area contributed by atoms with E-state index in [1.54, 1.807) is 11.1 Å². The highest BCUT2D eigenvalue weighted by molar-refractivity contribution is 9.10. The number of nitrogens with zero attached hydrogens (tertiary/aromatic N) is 2. The minimum atomic E-state index is -0.528. The van der Waals surface area contributed by atoms with Gasteiger partial charge in [-0.15, -0.1) is 0 Å². The second-order valence-electron chi connectivity index (χ2n) is 6.33. The molecule has 2 aromatic rings. The second kappa shape index (κ2) is 5.43. The number of fused-ring (bicyclic) bond motifs is 1. The number of benzene rings is 1. The molecule has 5 nitrogen and oxygen atoms in total. The predicted octanol–water partition coefficient (Wildman–Crippen LogP) is 4.01. The van der Waals surface area contributed by atoms with Crippen molar-refractivity contribution in [3.63, 3.8) is 0 Å². The lowest BCUT2D eigenvalue weighted by molar-refractivity contribution is 0.0197. The van der Waals surface area contributed by atoms with Crippen LogP contribution in [0.4, 0.5) is 4.79 Å². The van der Waals surface area contributed by atoms with Crippen molar-refractivity contribution in [2.45, 2.75) is 39.0 Å². The molecule has 116 valence electrons. The summed E-state index contributed by atoms with van der Waals surface area (Å²) in [5.74, 6) is 0.725. The lowest BCUT2D eigenvalue weighted by Gasteiger charge is -2.28.